The van der Waals surface area contributed by atoms with Gasteiger partial charge in [0.2, 0.25) is 0 Å². The maximum atomic E-state index is 12.1. The number of ether oxygens (including phenoxy) is 1. The quantitative estimate of drug-likeness (QED) is 0.598. The van der Waals surface area contributed by atoms with Crippen LogP contribution in [0.4, 0.5) is 0 Å². The topological polar surface area (TPSA) is 55.4 Å². The molecular weight excluding hydrogens is 334 g/mol. The van der Waals surface area contributed by atoms with E-state index in [1.54, 1.807) is 23.9 Å². The monoisotopic (exact) mass is 357 g/mol. The molecular formula is C20H23NO3S. The van der Waals surface area contributed by atoms with Crippen molar-refractivity contribution in [3.05, 3.63) is 65.2 Å². The van der Waals surface area contributed by atoms with Crippen LogP contribution in [0.1, 0.15) is 40.9 Å². The van der Waals surface area contributed by atoms with Crippen molar-refractivity contribution in [2.45, 2.75) is 31.2 Å². The SMILES string of the molecule is CC[C@H](NC(=O)COC(=O)c1ccc(SC)cc1)c1ccc(C)cc1. The number of hydrogen-bond donors (Lipinski definition) is 1. The summed E-state index contributed by atoms with van der Waals surface area (Å²) in [5.74, 6) is -0.798. The average molecular weight is 357 g/mol. The molecule has 2 aromatic carbocycles. The summed E-state index contributed by atoms with van der Waals surface area (Å²) in [5, 5.41) is 2.91. The molecule has 0 fully saturated rings. The normalized spacial score (nSPS) is 11.6. The average Bonchev–Trinajstić information content (AvgIpc) is 2.65. The maximum absolute atomic E-state index is 12.1. The second-order valence-electron chi connectivity index (χ2n) is 5.74. The Morgan fingerprint density at radius 3 is 2.28 bits per heavy atom. The molecule has 0 saturated carbocycles. The van der Waals surface area contributed by atoms with Gasteiger partial charge in [-0.15, -0.1) is 11.8 Å². The van der Waals surface area contributed by atoms with Gasteiger partial charge in [-0.25, -0.2) is 4.79 Å². The Morgan fingerprint density at radius 1 is 1.08 bits per heavy atom. The second-order valence-corrected chi connectivity index (χ2v) is 6.62. The van der Waals surface area contributed by atoms with Gasteiger partial charge in [0.05, 0.1) is 11.6 Å². The van der Waals surface area contributed by atoms with Crippen LogP contribution in [0.15, 0.2) is 53.4 Å². The van der Waals surface area contributed by atoms with Crippen LogP contribution in [0.2, 0.25) is 0 Å². The van der Waals surface area contributed by atoms with Gasteiger partial charge >= 0.3 is 5.97 Å². The van der Waals surface area contributed by atoms with Crippen LogP contribution in [0.25, 0.3) is 0 Å². The third kappa shape index (κ3) is 5.64. The van der Waals surface area contributed by atoms with Crippen molar-refractivity contribution in [1.29, 1.82) is 0 Å². The zero-order valence-electron chi connectivity index (χ0n) is 14.7. The lowest BCUT2D eigenvalue weighted by atomic mass is 10.0. The molecule has 0 aliphatic carbocycles. The smallest absolute Gasteiger partial charge is 0.338 e. The molecule has 0 aromatic heterocycles. The van der Waals surface area contributed by atoms with Crippen LogP contribution in [0.3, 0.4) is 0 Å². The summed E-state index contributed by atoms with van der Waals surface area (Å²) in [7, 11) is 0. The van der Waals surface area contributed by atoms with Gasteiger partial charge in [-0.1, -0.05) is 36.8 Å². The molecule has 0 aliphatic heterocycles. The Bertz CT molecular complexity index is 711. The summed E-state index contributed by atoms with van der Waals surface area (Å²) < 4.78 is 5.11. The lowest BCUT2D eigenvalue weighted by Crippen LogP contribution is -2.32. The first-order chi connectivity index (χ1) is 12.0. The second kappa shape index (κ2) is 9.28. The van der Waals surface area contributed by atoms with Crippen LogP contribution in [0.5, 0.6) is 0 Å². The minimum absolute atomic E-state index is 0.0901. The summed E-state index contributed by atoms with van der Waals surface area (Å²) in [6.45, 7) is 3.74. The van der Waals surface area contributed by atoms with E-state index in [1.165, 1.54) is 5.56 Å². The predicted octanol–water partition coefficient (Wildman–Crippen LogP) is 4.14. The van der Waals surface area contributed by atoms with Gasteiger partial charge in [0.1, 0.15) is 0 Å². The number of carbonyl (C=O) groups is 2. The van der Waals surface area contributed by atoms with Gasteiger partial charge in [-0.2, -0.15) is 0 Å². The molecule has 0 radical (unpaired) electrons. The molecule has 2 rings (SSSR count). The van der Waals surface area contributed by atoms with E-state index >= 15 is 0 Å². The fourth-order valence-corrected chi connectivity index (χ4v) is 2.81. The molecule has 4 nitrogen and oxygen atoms in total. The third-order valence-corrected chi connectivity index (χ3v) is 4.63. The summed E-state index contributed by atoms with van der Waals surface area (Å²) >= 11 is 1.60. The van der Waals surface area contributed by atoms with Crippen molar-refractivity contribution in [2.24, 2.45) is 0 Å². The molecule has 5 heteroatoms. The Labute approximate surface area is 153 Å². The van der Waals surface area contributed by atoms with Crippen molar-refractivity contribution in [3.63, 3.8) is 0 Å². The molecule has 132 valence electrons. The molecule has 0 spiro atoms. The first kappa shape index (κ1) is 19.1. The fraction of sp³-hybridized carbons (Fsp3) is 0.300. The first-order valence-electron chi connectivity index (χ1n) is 8.20. The van der Waals surface area contributed by atoms with Crippen molar-refractivity contribution < 1.29 is 14.3 Å². The number of nitrogens with one attached hydrogen (secondary N) is 1. The lowest BCUT2D eigenvalue weighted by molar-refractivity contribution is -0.125. The van der Waals surface area contributed by atoms with Crippen molar-refractivity contribution in [3.8, 4) is 0 Å². The Kier molecular flexibility index (Phi) is 7.07. The highest BCUT2D eigenvalue weighted by atomic mass is 32.2. The Balaban J connectivity index is 1.88. The van der Waals surface area contributed by atoms with Crippen molar-refractivity contribution in [2.75, 3.05) is 12.9 Å². The summed E-state index contributed by atoms with van der Waals surface area (Å²) in [6.07, 6.45) is 2.73. The number of carbonyl (C=O) groups excluding carboxylic acids is 2. The van der Waals surface area contributed by atoms with E-state index in [0.29, 0.717) is 5.56 Å². The Hall–Kier alpha value is -2.27. The number of rotatable bonds is 7. The van der Waals surface area contributed by atoms with Gasteiger partial charge in [0, 0.05) is 4.90 Å². The van der Waals surface area contributed by atoms with E-state index in [1.807, 2.05) is 56.5 Å². The Morgan fingerprint density at radius 2 is 1.72 bits per heavy atom. The van der Waals surface area contributed by atoms with Crippen molar-refractivity contribution in [1.82, 2.24) is 5.32 Å². The van der Waals surface area contributed by atoms with E-state index in [-0.39, 0.29) is 18.6 Å². The molecule has 0 aliphatic rings. The zero-order chi connectivity index (χ0) is 18.2. The highest BCUT2D eigenvalue weighted by molar-refractivity contribution is 7.98. The lowest BCUT2D eigenvalue weighted by Gasteiger charge is -2.17. The first-order valence-corrected chi connectivity index (χ1v) is 9.43. The predicted molar refractivity (Wildman–Crippen MR) is 101 cm³/mol. The van der Waals surface area contributed by atoms with Crippen LogP contribution in [0, 0.1) is 6.92 Å². The molecule has 0 bridgehead atoms. The highest BCUT2D eigenvalue weighted by Gasteiger charge is 2.15. The highest BCUT2D eigenvalue weighted by Crippen LogP contribution is 2.17. The molecule has 0 unspecified atom stereocenters. The van der Waals surface area contributed by atoms with Crippen molar-refractivity contribution >= 4 is 23.6 Å². The summed E-state index contributed by atoms with van der Waals surface area (Å²) in [5.41, 5.74) is 2.66. The van der Waals surface area contributed by atoms with Crippen LogP contribution < -0.4 is 5.32 Å². The van der Waals surface area contributed by atoms with E-state index in [9.17, 15) is 9.59 Å². The fourth-order valence-electron chi connectivity index (χ4n) is 2.40. The number of aryl methyl sites for hydroxylation is 1. The molecule has 1 atom stereocenters. The molecule has 1 N–H and O–H groups in total. The number of benzene rings is 2. The van der Waals surface area contributed by atoms with Gasteiger partial charge in [0.15, 0.2) is 6.61 Å². The van der Waals surface area contributed by atoms with E-state index in [2.05, 4.69) is 5.32 Å². The number of amides is 1. The summed E-state index contributed by atoms with van der Waals surface area (Å²) in [6, 6.07) is 15.1. The largest absolute Gasteiger partial charge is 0.452 e. The molecule has 2 aromatic rings. The third-order valence-electron chi connectivity index (χ3n) is 3.88. The summed E-state index contributed by atoms with van der Waals surface area (Å²) in [4.78, 5) is 25.2. The molecule has 25 heavy (non-hydrogen) atoms. The minimum Gasteiger partial charge on any atom is -0.452 e. The standard InChI is InChI=1S/C20H23NO3S/c1-4-18(15-7-5-14(2)6-8-15)21-19(22)13-24-20(23)16-9-11-17(25-3)12-10-16/h5-12,18H,4,13H2,1-3H3,(H,21,22)/t18-/m0/s1. The van der Waals surface area contributed by atoms with E-state index in [0.717, 1.165) is 16.9 Å². The number of hydrogen-bond acceptors (Lipinski definition) is 4. The minimum atomic E-state index is -0.494. The van der Waals surface area contributed by atoms with E-state index in [4.69, 9.17) is 4.74 Å². The molecule has 0 heterocycles. The van der Waals surface area contributed by atoms with Crippen LogP contribution in [-0.2, 0) is 9.53 Å². The van der Waals surface area contributed by atoms with Crippen LogP contribution in [-0.4, -0.2) is 24.7 Å². The number of thioether (sulfide) groups is 1. The van der Waals surface area contributed by atoms with Gasteiger partial charge in [-0.05, 0) is 49.4 Å². The van der Waals surface area contributed by atoms with Gasteiger partial charge in [0.25, 0.3) is 5.91 Å². The maximum Gasteiger partial charge on any atom is 0.338 e. The van der Waals surface area contributed by atoms with E-state index < -0.39 is 5.97 Å². The molecule has 1 amide bonds. The molecule has 0 saturated heterocycles. The van der Waals surface area contributed by atoms with Crippen LogP contribution >= 0.6 is 11.8 Å². The zero-order valence-corrected chi connectivity index (χ0v) is 15.6. The van der Waals surface area contributed by atoms with Gasteiger partial charge < -0.3 is 10.1 Å². The van der Waals surface area contributed by atoms with Gasteiger partial charge in [-0.3, -0.25) is 4.79 Å². The number of esters is 1.